The quantitative estimate of drug-likeness (QED) is 0.493. The topological polar surface area (TPSA) is 58.6 Å². The molecule has 0 radical (unpaired) electrons. The van der Waals surface area contributed by atoms with Crippen molar-refractivity contribution < 1.29 is 14.6 Å². The van der Waals surface area contributed by atoms with E-state index in [2.05, 4.69) is 11.2 Å². The summed E-state index contributed by atoms with van der Waals surface area (Å²) in [7, 11) is 0. The van der Waals surface area contributed by atoms with Crippen molar-refractivity contribution in [3.05, 3.63) is 0 Å². The fourth-order valence-corrected chi connectivity index (χ4v) is 0.866. The number of ether oxygens (including phenoxy) is 1. The van der Waals surface area contributed by atoms with Gasteiger partial charge in [-0.25, -0.2) is 0 Å². The SMILES string of the molecule is C#CCOCCC(=O)NCC(C)(O)C(C)C. The Morgan fingerprint density at radius 1 is 1.62 bits per heavy atom. The lowest BCUT2D eigenvalue weighted by molar-refractivity contribution is -0.123. The van der Waals surface area contributed by atoms with Gasteiger partial charge in [0.2, 0.25) is 5.91 Å². The Morgan fingerprint density at radius 2 is 2.25 bits per heavy atom. The Hall–Kier alpha value is -1.05. The summed E-state index contributed by atoms with van der Waals surface area (Å²) in [5.74, 6) is 2.27. The van der Waals surface area contributed by atoms with Crippen molar-refractivity contribution in [1.29, 1.82) is 0 Å². The third-order valence-corrected chi connectivity index (χ3v) is 2.55. The van der Waals surface area contributed by atoms with Crippen molar-refractivity contribution in [1.82, 2.24) is 5.32 Å². The number of rotatable bonds is 7. The summed E-state index contributed by atoms with van der Waals surface area (Å²) >= 11 is 0. The molecule has 0 heterocycles. The second kappa shape index (κ2) is 7.26. The Kier molecular flexibility index (Phi) is 6.78. The number of carbonyl (C=O) groups is 1. The monoisotopic (exact) mass is 227 g/mol. The molecule has 0 saturated carbocycles. The first-order valence-corrected chi connectivity index (χ1v) is 5.40. The van der Waals surface area contributed by atoms with Crippen LogP contribution in [0.4, 0.5) is 0 Å². The first-order valence-electron chi connectivity index (χ1n) is 5.40. The van der Waals surface area contributed by atoms with Gasteiger partial charge in [0.1, 0.15) is 6.61 Å². The molecular weight excluding hydrogens is 206 g/mol. The van der Waals surface area contributed by atoms with Gasteiger partial charge in [-0.15, -0.1) is 6.42 Å². The molecule has 1 amide bonds. The zero-order valence-corrected chi connectivity index (χ0v) is 10.2. The summed E-state index contributed by atoms with van der Waals surface area (Å²) < 4.78 is 4.97. The van der Waals surface area contributed by atoms with Gasteiger partial charge < -0.3 is 15.2 Å². The van der Waals surface area contributed by atoms with E-state index >= 15 is 0 Å². The van der Waals surface area contributed by atoms with Crippen LogP contribution < -0.4 is 5.32 Å². The second-order valence-corrected chi connectivity index (χ2v) is 4.30. The molecule has 0 spiro atoms. The van der Waals surface area contributed by atoms with Crippen LogP contribution in [0.2, 0.25) is 0 Å². The smallest absolute Gasteiger partial charge is 0.222 e. The van der Waals surface area contributed by atoms with E-state index in [1.807, 2.05) is 13.8 Å². The molecule has 0 aromatic carbocycles. The van der Waals surface area contributed by atoms with E-state index in [1.54, 1.807) is 6.92 Å². The maximum atomic E-state index is 11.3. The number of carbonyl (C=O) groups excluding carboxylic acids is 1. The standard InChI is InChI=1S/C12H21NO3/c1-5-7-16-8-6-11(14)13-9-12(4,15)10(2)3/h1,10,15H,6-9H2,2-4H3,(H,13,14). The van der Waals surface area contributed by atoms with Crippen molar-refractivity contribution in [2.24, 2.45) is 5.92 Å². The molecule has 0 bridgehead atoms. The van der Waals surface area contributed by atoms with Gasteiger partial charge in [0.05, 0.1) is 18.6 Å². The molecule has 4 heteroatoms. The number of hydrogen-bond donors (Lipinski definition) is 2. The molecule has 0 rings (SSSR count). The van der Waals surface area contributed by atoms with Gasteiger partial charge in [0.25, 0.3) is 0 Å². The second-order valence-electron chi connectivity index (χ2n) is 4.30. The molecule has 1 atom stereocenters. The average molecular weight is 227 g/mol. The molecular formula is C12H21NO3. The van der Waals surface area contributed by atoms with Gasteiger partial charge in [0, 0.05) is 6.54 Å². The van der Waals surface area contributed by atoms with Gasteiger partial charge >= 0.3 is 0 Å². The maximum absolute atomic E-state index is 11.3. The van der Waals surface area contributed by atoms with Gasteiger partial charge in [-0.2, -0.15) is 0 Å². The number of amides is 1. The van der Waals surface area contributed by atoms with Gasteiger partial charge in [0.15, 0.2) is 0 Å². The van der Waals surface area contributed by atoms with E-state index in [0.29, 0.717) is 6.61 Å². The van der Waals surface area contributed by atoms with E-state index in [0.717, 1.165) is 0 Å². The van der Waals surface area contributed by atoms with Crippen LogP contribution in [0, 0.1) is 18.3 Å². The zero-order valence-electron chi connectivity index (χ0n) is 10.2. The minimum atomic E-state index is -0.880. The third kappa shape index (κ3) is 6.44. The summed E-state index contributed by atoms with van der Waals surface area (Å²) in [5, 5.41) is 12.5. The third-order valence-electron chi connectivity index (χ3n) is 2.55. The molecule has 1 unspecified atom stereocenters. The van der Waals surface area contributed by atoms with E-state index in [-0.39, 0.29) is 31.4 Å². The fraction of sp³-hybridized carbons (Fsp3) is 0.750. The lowest BCUT2D eigenvalue weighted by atomic mass is 9.92. The first-order chi connectivity index (χ1) is 7.40. The van der Waals surface area contributed by atoms with E-state index in [1.165, 1.54) is 0 Å². The Labute approximate surface area is 97.4 Å². The molecule has 0 aromatic heterocycles. The summed E-state index contributed by atoms with van der Waals surface area (Å²) in [6.45, 7) is 6.28. The zero-order chi connectivity index (χ0) is 12.6. The summed E-state index contributed by atoms with van der Waals surface area (Å²) in [6.07, 6.45) is 5.25. The molecule has 0 aliphatic carbocycles. The van der Waals surface area contributed by atoms with Crippen LogP contribution in [0.25, 0.3) is 0 Å². The predicted octanol–water partition coefficient (Wildman–Crippen LogP) is 0.549. The van der Waals surface area contributed by atoms with Crippen LogP contribution in [0.1, 0.15) is 27.2 Å². The minimum absolute atomic E-state index is 0.0884. The highest BCUT2D eigenvalue weighted by atomic mass is 16.5. The number of nitrogens with one attached hydrogen (secondary N) is 1. The lowest BCUT2D eigenvalue weighted by Gasteiger charge is -2.27. The van der Waals surface area contributed by atoms with Crippen LogP contribution in [0.5, 0.6) is 0 Å². The van der Waals surface area contributed by atoms with E-state index in [9.17, 15) is 9.90 Å². The molecule has 0 fully saturated rings. The van der Waals surface area contributed by atoms with Crippen LogP contribution in [0.3, 0.4) is 0 Å². The van der Waals surface area contributed by atoms with Crippen molar-refractivity contribution in [2.45, 2.75) is 32.8 Å². The summed E-state index contributed by atoms with van der Waals surface area (Å²) in [6, 6.07) is 0. The van der Waals surface area contributed by atoms with Crippen LogP contribution in [-0.4, -0.2) is 36.4 Å². The normalized spacial score (nSPS) is 14.2. The Bertz CT molecular complexity index is 253. The van der Waals surface area contributed by atoms with Crippen molar-refractivity contribution >= 4 is 5.91 Å². The van der Waals surface area contributed by atoms with Crippen LogP contribution >= 0.6 is 0 Å². The molecule has 0 saturated heterocycles. The number of terminal acetylenes is 1. The highest BCUT2D eigenvalue weighted by molar-refractivity contribution is 5.76. The summed E-state index contributed by atoms with van der Waals surface area (Å²) in [5.41, 5.74) is -0.880. The fourth-order valence-electron chi connectivity index (χ4n) is 0.866. The number of hydrogen-bond acceptors (Lipinski definition) is 3. The first kappa shape index (κ1) is 14.9. The molecule has 0 aliphatic rings. The largest absolute Gasteiger partial charge is 0.388 e. The van der Waals surface area contributed by atoms with Crippen molar-refractivity contribution in [2.75, 3.05) is 19.8 Å². The van der Waals surface area contributed by atoms with Gasteiger partial charge in [-0.1, -0.05) is 19.8 Å². The Balaban J connectivity index is 3.70. The number of aliphatic hydroxyl groups is 1. The predicted molar refractivity (Wildman–Crippen MR) is 62.7 cm³/mol. The maximum Gasteiger partial charge on any atom is 0.222 e. The highest BCUT2D eigenvalue weighted by Crippen LogP contribution is 2.14. The van der Waals surface area contributed by atoms with Crippen LogP contribution in [-0.2, 0) is 9.53 Å². The van der Waals surface area contributed by atoms with E-state index < -0.39 is 5.60 Å². The van der Waals surface area contributed by atoms with Gasteiger partial charge in [-0.05, 0) is 12.8 Å². The molecule has 2 N–H and O–H groups in total. The Morgan fingerprint density at radius 3 is 2.75 bits per heavy atom. The highest BCUT2D eigenvalue weighted by Gasteiger charge is 2.25. The summed E-state index contributed by atoms with van der Waals surface area (Å²) in [4.78, 5) is 11.3. The van der Waals surface area contributed by atoms with Crippen molar-refractivity contribution in [3.8, 4) is 12.3 Å². The molecule has 16 heavy (non-hydrogen) atoms. The van der Waals surface area contributed by atoms with Crippen molar-refractivity contribution in [3.63, 3.8) is 0 Å². The molecule has 0 aromatic rings. The molecule has 92 valence electrons. The van der Waals surface area contributed by atoms with Crippen LogP contribution in [0.15, 0.2) is 0 Å². The molecule has 0 aliphatic heterocycles. The van der Waals surface area contributed by atoms with Gasteiger partial charge in [-0.3, -0.25) is 4.79 Å². The van der Waals surface area contributed by atoms with E-state index in [4.69, 9.17) is 11.2 Å². The lowest BCUT2D eigenvalue weighted by Crippen LogP contribution is -2.44. The minimum Gasteiger partial charge on any atom is -0.388 e. The molecule has 4 nitrogen and oxygen atoms in total. The average Bonchev–Trinajstić information content (AvgIpc) is 2.21.